The van der Waals surface area contributed by atoms with E-state index in [0.717, 1.165) is 18.8 Å². The minimum absolute atomic E-state index is 0.319. The van der Waals surface area contributed by atoms with Crippen LogP contribution in [0.25, 0.3) is 0 Å². The van der Waals surface area contributed by atoms with Gasteiger partial charge in [-0.05, 0) is 82.1 Å². The fourth-order valence-electron chi connectivity index (χ4n) is 3.66. The summed E-state index contributed by atoms with van der Waals surface area (Å²) in [6, 6.07) is 6.87. The van der Waals surface area contributed by atoms with Crippen LogP contribution in [0.15, 0.2) is 18.2 Å². The average Bonchev–Trinajstić information content (AvgIpc) is 3.34. The second-order valence-corrected chi connectivity index (χ2v) is 8.68. The predicted octanol–water partition coefficient (Wildman–Crippen LogP) is 4.48. The second-order valence-electron chi connectivity index (χ2n) is 8.68. The number of fused-ring (bicyclic) bond motifs is 1. The van der Waals surface area contributed by atoms with Crippen molar-refractivity contribution in [2.45, 2.75) is 64.4 Å². The van der Waals surface area contributed by atoms with Gasteiger partial charge >= 0.3 is 6.09 Å². The van der Waals surface area contributed by atoms with Gasteiger partial charge in [0.25, 0.3) is 0 Å². The predicted molar refractivity (Wildman–Crippen MR) is 102 cm³/mol. The molecule has 0 radical (unpaired) electrons. The summed E-state index contributed by atoms with van der Waals surface area (Å²) in [6.07, 6.45) is 5.90. The summed E-state index contributed by atoms with van der Waals surface area (Å²) < 4.78 is 5.35. The molecule has 0 heterocycles. The molecule has 1 aromatic rings. The van der Waals surface area contributed by atoms with Crippen molar-refractivity contribution in [3.63, 3.8) is 0 Å². The summed E-state index contributed by atoms with van der Waals surface area (Å²) in [6.45, 7) is 7.49. The number of carbonyl (C=O) groups excluding carboxylic acids is 1. The van der Waals surface area contributed by atoms with E-state index in [4.69, 9.17) is 4.74 Å². The Kier molecular flexibility index (Phi) is 5.26. The largest absolute Gasteiger partial charge is 0.444 e. The Balaban J connectivity index is 1.62. The van der Waals surface area contributed by atoms with Gasteiger partial charge in [0.1, 0.15) is 5.60 Å². The van der Waals surface area contributed by atoms with E-state index in [2.05, 4.69) is 35.5 Å². The molecule has 4 heteroatoms. The van der Waals surface area contributed by atoms with E-state index in [1.807, 2.05) is 20.8 Å². The summed E-state index contributed by atoms with van der Waals surface area (Å²) in [4.78, 5) is 14.3. The number of amides is 1. The maximum absolute atomic E-state index is 11.9. The van der Waals surface area contributed by atoms with Gasteiger partial charge in [-0.3, -0.25) is 0 Å². The first-order valence-corrected chi connectivity index (χ1v) is 9.62. The maximum Gasteiger partial charge on any atom is 0.407 e. The number of carbonyl (C=O) groups is 1. The van der Waals surface area contributed by atoms with Crippen molar-refractivity contribution in [2.24, 2.45) is 5.92 Å². The van der Waals surface area contributed by atoms with Crippen LogP contribution >= 0.6 is 0 Å². The number of anilines is 1. The van der Waals surface area contributed by atoms with Crippen LogP contribution in [0.3, 0.4) is 0 Å². The van der Waals surface area contributed by atoms with E-state index in [-0.39, 0.29) is 6.09 Å². The zero-order chi connectivity index (χ0) is 18.0. The van der Waals surface area contributed by atoms with Gasteiger partial charge in [-0.15, -0.1) is 0 Å². The lowest BCUT2D eigenvalue weighted by atomic mass is 9.82. The van der Waals surface area contributed by atoms with Crippen LogP contribution < -0.4 is 10.2 Å². The molecule has 1 saturated carbocycles. The molecule has 0 aliphatic heterocycles. The lowest BCUT2D eigenvalue weighted by molar-refractivity contribution is 0.0523. The van der Waals surface area contributed by atoms with E-state index in [1.165, 1.54) is 42.6 Å². The lowest BCUT2D eigenvalue weighted by Crippen LogP contribution is -2.35. The van der Waals surface area contributed by atoms with Crippen molar-refractivity contribution in [3.8, 4) is 0 Å². The molecule has 0 aromatic heterocycles. The van der Waals surface area contributed by atoms with Crippen LogP contribution in [-0.2, 0) is 11.2 Å². The average molecular weight is 344 g/mol. The third-order valence-electron chi connectivity index (χ3n) is 5.13. The lowest BCUT2D eigenvalue weighted by Gasteiger charge is -2.28. The molecule has 3 rings (SSSR count). The van der Waals surface area contributed by atoms with Gasteiger partial charge in [-0.25, -0.2) is 4.79 Å². The third kappa shape index (κ3) is 5.13. The van der Waals surface area contributed by atoms with Crippen LogP contribution in [0.1, 0.15) is 63.5 Å². The number of alkyl carbamates (subject to hydrolysis) is 1. The van der Waals surface area contributed by atoms with Crippen molar-refractivity contribution in [2.75, 3.05) is 25.0 Å². The molecule has 1 atom stereocenters. The zero-order valence-electron chi connectivity index (χ0n) is 16.1. The Bertz CT molecular complexity index is 617. The van der Waals surface area contributed by atoms with Gasteiger partial charge in [-0.2, -0.15) is 0 Å². The van der Waals surface area contributed by atoms with Crippen LogP contribution in [0.2, 0.25) is 0 Å². The number of benzene rings is 1. The van der Waals surface area contributed by atoms with Gasteiger partial charge in [0.2, 0.25) is 0 Å². The normalized spacial score (nSPS) is 19.9. The summed E-state index contributed by atoms with van der Waals surface area (Å²) >= 11 is 0. The Labute approximate surface area is 151 Å². The molecule has 2 aliphatic rings. The fourth-order valence-corrected chi connectivity index (χ4v) is 3.66. The summed E-state index contributed by atoms with van der Waals surface area (Å²) in [5.74, 6) is 1.28. The molecule has 0 saturated heterocycles. The van der Waals surface area contributed by atoms with Crippen molar-refractivity contribution in [1.82, 2.24) is 5.32 Å². The van der Waals surface area contributed by atoms with Crippen molar-refractivity contribution in [3.05, 3.63) is 29.3 Å². The summed E-state index contributed by atoms with van der Waals surface area (Å²) in [5, 5.41) is 2.95. The van der Waals surface area contributed by atoms with Crippen LogP contribution in [0.4, 0.5) is 10.5 Å². The highest BCUT2D eigenvalue weighted by atomic mass is 16.6. The first-order chi connectivity index (χ1) is 11.8. The van der Waals surface area contributed by atoms with Gasteiger partial charge < -0.3 is 15.0 Å². The highest BCUT2D eigenvalue weighted by Gasteiger charge is 2.25. The van der Waals surface area contributed by atoms with E-state index >= 15 is 0 Å². The minimum atomic E-state index is -0.449. The van der Waals surface area contributed by atoms with Gasteiger partial charge in [-0.1, -0.05) is 6.07 Å². The Hall–Kier alpha value is -1.71. The molecule has 25 heavy (non-hydrogen) atoms. The number of rotatable bonds is 5. The standard InChI is InChI=1S/C21H32N2O2/c1-21(2,3)25-20(24)22-13-17-7-5-6-16-12-18(10-11-19(16)17)23(4)14-15-8-9-15/h10-12,15,17H,5-9,13-14H2,1-4H3,(H,22,24)/t17-/m0/s1. The van der Waals surface area contributed by atoms with E-state index in [9.17, 15) is 4.79 Å². The summed E-state index contributed by atoms with van der Waals surface area (Å²) in [5.41, 5.74) is 3.72. The minimum Gasteiger partial charge on any atom is -0.444 e. The van der Waals surface area contributed by atoms with E-state index in [0.29, 0.717) is 12.5 Å². The molecule has 0 bridgehead atoms. The Morgan fingerprint density at radius 3 is 2.72 bits per heavy atom. The Morgan fingerprint density at radius 1 is 1.28 bits per heavy atom. The number of ether oxygens (including phenoxy) is 1. The molecular weight excluding hydrogens is 312 g/mol. The highest BCUT2D eigenvalue weighted by Crippen LogP contribution is 2.35. The molecule has 1 aromatic carbocycles. The number of nitrogens with one attached hydrogen (secondary N) is 1. The molecule has 4 nitrogen and oxygen atoms in total. The number of hydrogen-bond acceptors (Lipinski definition) is 3. The molecule has 0 unspecified atom stereocenters. The van der Waals surface area contributed by atoms with Gasteiger partial charge in [0.15, 0.2) is 0 Å². The second kappa shape index (κ2) is 7.27. The molecule has 138 valence electrons. The van der Waals surface area contributed by atoms with Crippen molar-refractivity contribution < 1.29 is 9.53 Å². The maximum atomic E-state index is 11.9. The molecule has 1 amide bonds. The number of nitrogens with zero attached hydrogens (tertiary/aromatic N) is 1. The quantitative estimate of drug-likeness (QED) is 0.856. The smallest absolute Gasteiger partial charge is 0.407 e. The van der Waals surface area contributed by atoms with Gasteiger partial charge in [0, 0.05) is 31.7 Å². The number of aryl methyl sites for hydroxylation is 1. The first kappa shape index (κ1) is 18.1. The molecular formula is C21H32N2O2. The SMILES string of the molecule is CN(CC1CC1)c1ccc2c(c1)CCC[C@H]2CNC(=O)OC(C)(C)C. The molecule has 1 fully saturated rings. The number of hydrogen-bond donors (Lipinski definition) is 1. The molecule has 1 N–H and O–H groups in total. The topological polar surface area (TPSA) is 41.6 Å². The first-order valence-electron chi connectivity index (χ1n) is 9.62. The van der Waals surface area contributed by atoms with Crippen LogP contribution in [0.5, 0.6) is 0 Å². The summed E-state index contributed by atoms with van der Waals surface area (Å²) in [7, 11) is 2.20. The zero-order valence-corrected chi connectivity index (χ0v) is 16.1. The van der Waals surface area contributed by atoms with Crippen molar-refractivity contribution >= 4 is 11.8 Å². The van der Waals surface area contributed by atoms with Gasteiger partial charge in [0.05, 0.1) is 0 Å². The fraction of sp³-hybridized carbons (Fsp3) is 0.667. The van der Waals surface area contributed by atoms with Crippen LogP contribution in [-0.4, -0.2) is 31.8 Å². The third-order valence-corrected chi connectivity index (χ3v) is 5.13. The molecule has 2 aliphatic carbocycles. The van der Waals surface area contributed by atoms with Crippen LogP contribution in [0, 0.1) is 5.92 Å². The van der Waals surface area contributed by atoms with E-state index in [1.54, 1.807) is 0 Å². The van der Waals surface area contributed by atoms with E-state index < -0.39 is 5.60 Å². The Morgan fingerprint density at radius 2 is 2.04 bits per heavy atom. The molecule has 0 spiro atoms. The highest BCUT2D eigenvalue weighted by molar-refractivity contribution is 5.67. The monoisotopic (exact) mass is 344 g/mol. The van der Waals surface area contributed by atoms with Crippen molar-refractivity contribution in [1.29, 1.82) is 0 Å².